The Balaban J connectivity index is 0.000000136. The Morgan fingerprint density at radius 3 is 1.16 bits per heavy atom. The minimum Gasteiger partial charge on any atom is -0.488 e. The van der Waals surface area contributed by atoms with Crippen LogP contribution in [0.15, 0.2) is 159 Å². The number of aromatic nitrogens is 12. The van der Waals surface area contributed by atoms with Crippen LogP contribution in [0.2, 0.25) is 0 Å². The van der Waals surface area contributed by atoms with E-state index < -0.39 is 22.6 Å². The molecule has 12 aromatic heterocycles. The number of methoxy groups -OCH3 is 4. The Labute approximate surface area is 704 Å². The van der Waals surface area contributed by atoms with Gasteiger partial charge in [-0.25, -0.2) is 47.8 Å². The van der Waals surface area contributed by atoms with Crippen molar-refractivity contribution in [3.05, 3.63) is 204 Å². The van der Waals surface area contributed by atoms with Crippen LogP contribution in [0.4, 0.5) is 21.8 Å². The molecule has 9 aliphatic heterocycles. The van der Waals surface area contributed by atoms with Gasteiger partial charge in [0.2, 0.25) is 17.6 Å². The molecule has 0 radical (unpaired) electrons. The zero-order valence-electron chi connectivity index (χ0n) is 68.3. The second kappa shape index (κ2) is 34.5. The van der Waals surface area contributed by atoms with Gasteiger partial charge in [-0.2, -0.15) is 31.1 Å². The summed E-state index contributed by atoms with van der Waals surface area (Å²) in [5, 5.41) is 72.7. The molecule has 9 atom stereocenters. The van der Waals surface area contributed by atoms with Crippen LogP contribution in [0, 0.1) is 76.3 Å². The quantitative estimate of drug-likeness (QED) is 0.0503. The van der Waals surface area contributed by atoms with E-state index in [1.165, 1.54) is 76.7 Å². The third-order valence-corrected chi connectivity index (χ3v) is 23.1. The molecule has 9 aliphatic rings. The highest BCUT2D eigenvalue weighted by Gasteiger charge is 2.47. The summed E-state index contributed by atoms with van der Waals surface area (Å²) in [5.41, 5.74) is 7.82. The molecular formula is C91H88FN21O9. The molecule has 122 heavy (non-hydrogen) atoms. The van der Waals surface area contributed by atoms with Crippen molar-refractivity contribution in [2.24, 2.45) is 0 Å². The lowest BCUT2D eigenvalue weighted by Crippen LogP contribution is -2.68. The van der Waals surface area contributed by atoms with E-state index in [1.54, 1.807) is 65.7 Å². The first kappa shape index (κ1) is 81.9. The third kappa shape index (κ3) is 17.3. The van der Waals surface area contributed by atoms with Gasteiger partial charge in [-0.3, -0.25) is 14.7 Å². The monoisotopic (exact) mass is 1640 g/mol. The first-order valence-corrected chi connectivity index (χ1v) is 39.8. The standard InChI is InChI=1S/C31H30FN7O3.2C30H29N7O3/c1-31(40,19-41-2)7-6-20-8-26(29-23(11-33)14-36-39(29)16-20)22-4-5-28(34-13-22)37-17-24-10-25(18-37)38(24)15-21-9-27(32)30(42-3)35-12-21;2*1-4-30(2,38)19-40-25-10-26(29-22(11-31)14-34-37(29)18-25)21-6-7-27(32-13-21)35-16-23-9-24(17-35)36(23)15-20-5-8-28(39-3)33-12-20/h4-5,8-9,12-14,16,24-25,40H,10,15,17-19H2,1-3H3;2*1,5-8,10,12-14,18,23-24,38H,9,15-17,19H2,2-3H3/t;23?,24?,30-;/m.1./s1. The first-order chi connectivity index (χ1) is 59.0. The Bertz CT molecular complexity index is 5870. The second-order valence-electron chi connectivity index (χ2n) is 31.9. The minimum atomic E-state index is -1.41. The topological polar surface area (TPSA) is 336 Å². The Morgan fingerprint density at radius 2 is 0.828 bits per heavy atom. The molecule has 21 rings (SSSR count). The van der Waals surface area contributed by atoms with Crippen molar-refractivity contribution in [1.29, 1.82) is 15.8 Å². The second-order valence-corrected chi connectivity index (χ2v) is 31.9. The van der Waals surface area contributed by atoms with Crippen molar-refractivity contribution in [1.82, 2.24) is 73.4 Å². The summed E-state index contributed by atoms with van der Waals surface area (Å²) < 4.78 is 50.9. The number of pyridine rings is 9. The normalized spacial score (nSPS) is 19.6. The van der Waals surface area contributed by atoms with Crippen LogP contribution in [-0.4, -0.2) is 229 Å². The van der Waals surface area contributed by atoms with Gasteiger partial charge < -0.3 is 58.4 Å². The molecule has 8 unspecified atom stereocenters. The number of hydrogen-bond donors (Lipinski definition) is 3. The molecule has 0 saturated carbocycles. The van der Waals surface area contributed by atoms with Crippen LogP contribution in [0.25, 0.3) is 49.9 Å². The van der Waals surface area contributed by atoms with E-state index in [2.05, 4.69) is 114 Å². The van der Waals surface area contributed by atoms with Crippen LogP contribution in [-0.2, 0) is 24.4 Å². The van der Waals surface area contributed by atoms with Crippen LogP contribution in [0.5, 0.6) is 29.1 Å². The van der Waals surface area contributed by atoms with E-state index >= 15 is 0 Å². The number of piperazine rings is 3. The van der Waals surface area contributed by atoms with Crippen LogP contribution in [0.3, 0.4) is 0 Å². The van der Waals surface area contributed by atoms with Gasteiger partial charge in [-0.15, -0.1) is 12.8 Å². The first-order valence-electron chi connectivity index (χ1n) is 39.8. The summed E-state index contributed by atoms with van der Waals surface area (Å²) in [5.74, 6) is 15.0. The molecule has 31 heteroatoms. The van der Waals surface area contributed by atoms with Gasteiger partial charge in [0.1, 0.15) is 66.0 Å². The van der Waals surface area contributed by atoms with Gasteiger partial charge in [-0.05, 0) is 117 Å². The number of ether oxygens (including phenoxy) is 6. The van der Waals surface area contributed by atoms with Gasteiger partial charge in [0.05, 0.1) is 92.2 Å². The van der Waals surface area contributed by atoms with Crippen molar-refractivity contribution >= 4 is 34.0 Å². The number of aliphatic hydroxyl groups is 3. The minimum absolute atomic E-state index is 0.0101. The smallest absolute Gasteiger partial charge is 0.250 e. The number of rotatable bonds is 23. The summed E-state index contributed by atoms with van der Waals surface area (Å²) in [6.07, 6.45) is 34.8. The van der Waals surface area contributed by atoms with Crippen LogP contribution < -0.4 is 38.4 Å². The number of hydrogen-bond acceptors (Lipinski definition) is 27. The molecule has 9 saturated heterocycles. The molecule has 3 N–H and O–H groups in total. The lowest BCUT2D eigenvalue weighted by molar-refractivity contribution is -0.00885. The summed E-state index contributed by atoms with van der Waals surface area (Å²) in [7, 11) is 6.17. The van der Waals surface area contributed by atoms with Crippen LogP contribution in [0.1, 0.15) is 79.0 Å². The number of nitriles is 3. The predicted octanol–water partition coefficient (Wildman–Crippen LogP) is 8.82. The number of anilines is 3. The summed E-state index contributed by atoms with van der Waals surface area (Å²) in [4.78, 5) is 41.5. The van der Waals surface area contributed by atoms with Gasteiger partial charge >= 0.3 is 0 Å². The summed E-state index contributed by atoms with van der Waals surface area (Å²) >= 11 is 0. The molecule has 0 spiro atoms. The SMILES string of the molecule is C#CC(C)(O)COc1cc(-c2ccc(N3CC4CC(C3)N4Cc3ccc(OC)nc3)nc2)c2c(C#N)cnn2c1.C#C[C@@](C)(O)COc1cc(-c2ccc(N3CC4CC(C3)N4Cc3ccc(OC)nc3)nc2)c2c(C#N)cnn2c1.COCC(C)(O)C#Cc1cc(-c2ccc(N3CC4CC(C3)N4Cc3cnc(OC)c(F)c3)nc2)c2c(C#N)cnn2c1. The Morgan fingerprint density at radius 1 is 0.443 bits per heavy atom. The van der Waals surface area contributed by atoms with Crippen molar-refractivity contribution in [3.63, 3.8) is 0 Å². The molecule has 618 valence electrons. The number of terminal acetylenes is 2. The number of piperidine rings is 3. The number of halogens is 1. The highest BCUT2D eigenvalue weighted by Crippen LogP contribution is 2.42. The molecule has 12 aromatic rings. The maximum absolute atomic E-state index is 14.1. The van der Waals surface area contributed by atoms with Gasteiger partial charge in [0.25, 0.3) is 0 Å². The van der Waals surface area contributed by atoms with Crippen LogP contribution >= 0.6 is 0 Å². The highest BCUT2D eigenvalue weighted by atomic mass is 19.1. The van der Waals surface area contributed by atoms with E-state index in [0.29, 0.717) is 105 Å². The Hall–Kier alpha value is -13.8. The maximum Gasteiger partial charge on any atom is 0.250 e. The van der Waals surface area contributed by atoms with E-state index in [1.807, 2.05) is 91.5 Å². The molecule has 21 heterocycles. The van der Waals surface area contributed by atoms with Gasteiger partial charge in [0.15, 0.2) is 17.0 Å². The fourth-order valence-corrected chi connectivity index (χ4v) is 16.7. The highest BCUT2D eigenvalue weighted by molar-refractivity contribution is 5.88. The van der Waals surface area contributed by atoms with Gasteiger partial charge in [0, 0.05) is 197 Å². The number of fused-ring (bicyclic) bond motifs is 9. The van der Waals surface area contributed by atoms with E-state index in [9.17, 15) is 35.5 Å². The molecule has 0 amide bonds. The molecule has 9 fully saturated rings. The Kier molecular flexibility index (Phi) is 23.1. The fraction of sp³-hybridized carbons (Fsp3) is 0.341. The van der Waals surface area contributed by atoms with Gasteiger partial charge in [-0.1, -0.05) is 35.8 Å². The fourth-order valence-electron chi connectivity index (χ4n) is 16.7. The molecule has 30 nitrogen and oxygen atoms in total. The van der Waals surface area contributed by atoms with Crippen molar-refractivity contribution in [2.75, 3.05) is 102 Å². The largest absolute Gasteiger partial charge is 0.488 e. The molecular weight excluding hydrogens is 1550 g/mol. The number of nitrogens with zero attached hydrogens (tertiary/aromatic N) is 21. The zero-order valence-corrected chi connectivity index (χ0v) is 68.3. The zero-order chi connectivity index (χ0) is 85.1. The van der Waals surface area contributed by atoms with E-state index in [4.69, 9.17) is 56.2 Å². The molecule has 0 aliphatic carbocycles. The third-order valence-electron chi connectivity index (χ3n) is 23.1. The average Bonchev–Trinajstić information content (AvgIpc) is 0.907. The van der Waals surface area contributed by atoms with E-state index in [0.717, 1.165) is 115 Å². The summed E-state index contributed by atoms with van der Waals surface area (Å²) in [6.45, 7) is 12.2. The van der Waals surface area contributed by atoms with Crippen molar-refractivity contribution in [2.45, 2.75) is 113 Å². The van der Waals surface area contributed by atoms with Crippen molar-refractivity contribution in [3.8, 4) is 117 Å². The maximum atomic E-state index is 14.1. The predicted molar refractivity (Wildman–Crippen MR) is 451 cm³/mol. The lowest BCUT2D eigenvalue weighted by Gasteiger charge is -2.56. The average molecular weight is 1640 g/mol. The van der Waals surface area contributed by atoms with E-state index in [-0.39, 0.29) is 25.7 Å². The molecule has 0 aromatic carbocycles. The summed E-state index contributed by atoms with van der Waals surface area (Å²) in [6, 6.07) is 36.3. The molecule has 6 bridgehead atoms. The van der Waals surface area contributed by atoms with Crippen molar-refractivity contribution < 1.29 is 48.1 Å². The lowest BCUT2D eigenvalue weighted by atomic mass is 9.87.